The van der Waals surface area contributed by atoms with Crippen molar-refractivity contribution in [2.75, 3.05) is 13.1 Å². The van der Waals surface area contributed by atoms with Gasteiger partial charge >= 0.3 is 6.18 Å². The number of thioether (sulfide) groups is 1. The van der Waals surface area contributed by atoms with Crippen LogP contribution < -0.4 is 5.32 Å². The van der Waals surface area contributed by atoms with Crippen molar-refractivity contribution in [3.8, 4) is 0 Å². The summed E-state index contributed by atoms with van der Waals surface area (Å²) in [6.45, 7) is 1.59. The Morgan fingerprint density at radius 1 is 1.37 bits per heavy atom. The summed E-state index contributed by atoms with van der Waals surface area (Å²) < 4.78 is 38.1. The molecule has 0 saturated carbocycles. The molecule has 2 N–H and O–H groups in total. The second-order valence-corrected chi connectivity index (χ2v) is 5.59. The second-order valence-electron chi connectivity index (χ2n) is 4.56. The normalized spacial score (nSPS) is 23.0. The van der Waals surface area contributed by atoms with Crippen LogP contribution in [0.15, 0.2) is 23.1 Å². The molecule has 0 radical (unpaired) electrons. The van der Waals surface area contributed by atoms with E-state index in [0.717, 1.165) is 49.0 Å². The maximum Gasteiger partial charge on any atom is 0.416 e. The minimum absolute atomic E-state index is 0.167. The minimum Gasteiger partial charge on any atom is -0.332 e. The van der Waals surface area contributed by atoms with Crippen LogP contribution in [0.25, 0.3) is 0 Å². The predicted molar refractivity (Wildman–Crippen MR) is 67.1 cm³/mol. The summed E-state index contributed by atoms with van der Waals surface area (Å²) in [7, 11) is 0. The van der Waals surface area contributed by atoms with E-state index in [4.69, 9.17) is 5.41 Å². The van der Waals surface area contributed by atoms with Crippen molar-refractivity contribution >= 4 is 16.9 Å². The van der Waals surface area contributed by atoms with Crippen LogP contribution >= 0.6 is 11.8 Å². The van der Waals surface area contributed by atoms with E-state index in [9.17, 15) is 13.2 Å². The van der Waals surface area contributed by atoms with Gasteiger partial charge in [0.05, 0.1) is 5.56 Å². The zero-order chi connectivity index (χ0) is 13.6. The van der Waals surface area contributed by atoms with Crippen LogP contribution in [0.4, 0.5) is 13.2 Å². The van der Waals surface area contributed by atoms with Crippen molar-refractivity contribution in [3.63, 3.8) is 0 Å². The van der Waals surface area contributed by atoms with Gasteiger partial charge in [-0.25, -0.2) is 0 Å². The number of rotatable bonds is 0. The van der Waals surface area contributed by atoms with Gasteiger partial charge in [-0.2, -0.15) is 13.2 Å². The molecule has 102 valence electrons. The van der Waals surface area contributed by atoms with Gasteiger partial charge in [0, 0.05) is 17.0 Å². The Hall–Kier alpha value is -1.21. The van der Waals surface area contributed by atoms with E-state index in [1.54, 1.807) is 0 Å². The Bertz CT molecular complexity index is 529. The summed E-state index contributed by atoms with van der Waals surface area (Å²) in [5, 5.41) is 11.5. The fourth-order valence-corrected chi connectivity index (χ4v) is 3.42. The minimum atomic E-state index is -4.34. The topological polar surface area (TPSA) is 39.1 Å². The van der Waals surface area contributed by atoms with Crippen molar-refractivity contribution < 1.29 is 13.2 Å². The highest BCUT2D eigenvalue weighted by atomic mass is 32.2. The molecule has 1 aromatic carbocycles. The predicted octanol–water partition coefficient (Wildman–Crippen LogP) is 3.04. The van der Waals surface area contributed by atoms with E-state index in [1.165, 1.54) is 6.07 Å². The number of alkyl halides is 3. The standard InChI is InChI=1S/C12H12F3N3S/c13-12(14,15)7-2-3-8-9(6-7)19-11(16)18-5-1-4-17-10(8)18/h2-3,6,10,16-17H,1,4-5H2. The zero-order valence-corrected chi connectivity index (χ0v) is 10.7. The van der Waals surface area contributed by atoms with Gasteiger partial charge in [-0.1, -0.05) is 17.8 Å². The van der Waals surface area contributed by atoms with Crippen LogP contribution in [-0.2, 0) is 6.18 Å². The van der Waals surface area contributed by atoms with E-state index in [0.29, 0.717) is 10.1 Å². The number of hydrogen-bond acceptors (Lipinski definition) is 3. The maximum atomic E-state index is 12.7. The molecule has 19 heavy (non-hydrogen) atoms. The van der Waals surface area contributed by atoms with E-state index in [1.807, 2.05) is 4.90 Å². The highest BCUT2D eigenvalue weighted by molar-refractivity contribution is 8.13. The molecular weight excluding hydrogens is 275 g/mol. The molecule has 2 heterocycles. The molecule has 1 fully saturated rings. The smallest absolute Gasteiger partial charge is 0.332 e. The number of nitrogens with zero attached hydrogens (tertiary/aromatic N) is 1. The molecule has 0 spiro atoms. The SMILES string of the molecule is N=C1Sc2cc(C(F)(F)F)ccc2C2NCCCN12. The van der Waals surface area contributed by atoms with E-state index in [-0.39, 0.29) is 6.17 Å². The largest absolute Gasteiger partial charge is 0.416 e. The van der Waals surface area contributed by atoms with Crippen molar-refractivity contribution in [2.24, 2.45) is 0 Å². The molecular formula is C12H12F3N3S. The van der Waals surface area contributed by atoms with Crippen LogP contribution in [-0.4, -0.2) is 23.2 Å². The number of benzene rings is 1. The first kappa shape index (κ1) is 12.8. The highest BCUT2D eigenvalue weighted by Gasteiger charge is 2.36. The van der Waals surface area contributed by atoms with Crippen LogP contribution in [0.2, 0.25) is 0 Å². The van der Waals surface area contributed by atoms with Crippen molar-refractivity contribution in [2.45, 2.75) is 23.7 Å². The third kappa shape index (κ3) is 2.21. The molecule has 1 atom stereocenters. The first-order chi connectivity index (χ1) is 8.97. The molecule has 2 aliphatic rings. The lowest BCUT2D eigenvalue weighted by atomic mass is 10.1. The molecule has 7 heteroatoms. The van der Waals surface area contributed by atoms with Crippen LogP contribution in [0.1, 0.15) is 23.7 Å². The fraction of sp³-hybridized carbons (Fsp3) is 0.417. The number of nitrogens with one attached hydrogen (secondary N) is 2. The van der Waals surface area contributed by atoms with Crippen molar-refractivity contribution in [3.05, 3.63) is 29.3 Å². The summed E-state index contributed by atoms with van der Waals surface area (Å²) >= 11 is 1.10. The third-order valence-electron chi connectivity index (χ3n) is 3.33. The first-order valence-electron chi connectivity index (χ1n) is 5.94. The second kappa shape index (κ2) is 4.42. The molecule has 0 amide bonds. The quantitative estimate of drug-likeness (QED) is 0.770. The number of amidine groups is 1. The van der Waals surface area contributed by atoms with Gasteiger partial charge in [0.25, 0.3) is 0 Å². The Morgan fingerprint density at radius 3 is 2.89 bits per heavy atom. The Kier molecular flexibility index (Phi) is 2.98. The molecule has 0 bridgehead atoms. The summed E-state index contributed by atoms with van der Waals surface area (Å²) in [4.78, 5) is 2.42. The lowest BCUT2D eigenvalue weighted by molar-refractivity contribution is -0.137. The number of fused-ring (bicyclic) bond motifs is 3. The van der Waals surface area contributed by atoms with E-state index in [2.05, 4.69) is 5.32 Å². The van der Waals surface area contributed by atoms with Crippen molar-refractivity contribution in [1.82, 2.24) is 10.2 Å². The van der Waals surface area contributed by atoms with E-state index >= 15 is 0 Å². The van der Waals surface area contributed by atoms with Gasteiger partial charge in [-0.3, -0.25) is 10.7 Å². The fourth-order valence-electron chi connectivity index (χ4n) is 2.41. The molecule has 0 aliphatic carbocycles. The van der Waals surface area contributed by atoms with Gasteiger partial charge in [0.2, 0.25) is 0 Å². The van der Waals surface area contributed by atoms with Gasteiger partial charge < -0.3 is 4.90 Å². The summed E-state index contributed by atoms with van der Waals surface area (Å²) in [5.74, 6) is 0. The van der Waals surface area contributed by atoms with Gasteiger partial charge in [-0.05, 0) is 25.1 Å². The van der Waals surface area contributed by atoms with Gasteiger partial charge in [0.1, 0.15) is 6.17 Å². The molecule has 3 rings (SSSR count). The first-order valence-corrected chi connectivity index (χ1v) is 6.76. The highest BCUT2D eigenvalue weighted by Crippen LogP contribution is 2.41. The molecule has 3 nitrogen and oxygen atoms in total. The lowest BCUT2D eigenvalue weighted by Gasteiger charge is -2.42. The summed E-state index contributed by atoms with van der Waals surface area (Å²) in [6.07, 6.45) is -3.57. The summed E-state index contributed by atoms with van der Waals surface area (Å²) in [5.41, 5.74) is 0.171. The monoisotopic (exact) mass is 287 g/mol. The molecule has 2 aliphatic heterocycles. The number of hydrogen-bond donors (Lipinski definition) is 2. The Morgan fingerprint density at radius 2 is 2.16 bits per heavy atom. The molecule has 1 unspecified atom stereocenters. The Balaban J connectivity index is 2.03. The zero-order valence-electron chi connectivity index (χ0n) is 9.92. The average molecular weight is 287 g/mol. The molecule has 0 aromatic heterocycles. The lowest BCUT2D eigenvalue weighted by Crippen LogP contribution is -2.48. The van der Waals surface area contributed by atoms with Gasteiger partial charge in [0.15, 0.2) is 5.17 Å². The Labute approximate surface area is 112 Å². The maximum absolute atomic E-state index is 12.7. The van der Waals surface area contributed by atoms with E-state index < -0.39 is 11.7 Å². The molecule has 1 saturated heterocycles. The van der Waals surface area contributed by atoms with Crippen LogP contribution in [0.3, 0.4) is 0 Å². The average Bonchev–Trinajstić information content (AvgIpc) is 2.37. The van der Waals surface area contributed by atoms with Crippen molar-refractivity contribution in [1.29, 1.82) is 5.41 Å². The molecule has 1 aromatic rings. The van der Waals surface area contributed by atoms with Gasteiger partial charge in [-0.15, -0.1) is 0 Å². The third-order valence-corrected chi connectivity index (χ3v) is 4.33. The van der Waals surface area contributed by atoms with Crippen LogP contribution in [0, 0.1) is 5.41 Å². The van der Waals surface area contributed by atoms with Crippen LogP contribution in [0.5, 0.6) is 0 Å². The summed E-state index contributed by atoms with van der Waals surface area (Å²) in [6, 6.07) is 3.78. The number of halogens is 3.